The average Bonchev–Trinajstić information content (AvgIpc) is 3.41. The molecule has 0 N–H and O–H groups in total. The number of hydrogen-bond acceptors (Lipinski definition) is 1. The van der Waals surface area contributed by atoms with Crippen LogP contribution in [0.1, 0.15) is 39.7 Å². The zero-order valence-corrected chi connectivity index (χ0v) is 23.8. The van der Waals surface area contributed by atoms with Crippen molar-refractivity contribution in [1.82, 2.24) is 0 Å². The van der Waals surface area contributed by atoms with E-state index in [0.717, 1.165) is 0 Å². The Morgan fingerprint density at radius 2 is 1.26 bits per heavy atom. The highest BCUT2D eigenvalue weighted by atomic mass is 15.2. The molecule has 0 amide bonds. The minimum absolute atomic E-state index is 0.252. The predicted molar refractivity (Wildman–Crippen MR) is 180 cm³/mol. The molecular weight excluding hydrogens is 518 g/mol. The normalized spacial score (nSPS) is 22.8. The summed E-state index contributed by atoms with van der Waals surface area (Å²) < 4.78 is 0. The topological polar surface area (TPSA) is 3.24 Å². The van der Waals surface area contributed by atoms with Crippen molar-refractivity contribution in [1.29, 1.82) is 0 Å². The van der Waals surface area contributed by atoms with E-state index >= 15 is 0 Å². The zero-order chi connectivity index (χ0) is 28.3. The Hall–Kier alpha value is -5.14. The van der Waals surface area contributed by atoms with E-state index in [0.29, 0.717) is 12.0 Å². The van der Waals surface area contributed by atoms with Gasteiger partial charge in [-0.2, -0.15) is 0 Å². The third-order valence-electron chi connectivity index (χ3n) is 9.81. The molecular formula is C42H31N. The molecule has 4 atom stereocenters. The smallest absolute Gasteiger partial charge is 0.0629 e. The van der Waals surface area contributed by atoms with Crippen molar-refractivity contribution in [3.05, 3.63) is 197 Å². The van der Waals surface area contributed by atoms with Crippen molar-refractivity contribution < 1.29 is 0 Å². The van der Waals surface area contributed by atoms with Gasteiger partial charge in [-0.15, -0.1) is 0 Å². The Bertz CT molecular complexity index is 2050. The Labute approximate surface area is 253 Å². The van der Waals surface area contributed by atoms with Gasteiger partial charge in [0.15, 0.2) is 0 Å². The summed E-state index contributed by atoms with van der Waals surface area (Å²) >= 11 is 0. The van der Waals surface area contributed by atoms with Crippen LogP contribution >= 0.6 is 0 Å². The molecule has 3 aliphatic carbocycles. The highest BCUT2D eigenvalue weighted by Crippen LogP contribution is 2.51. The third-order valence-corrected chi connectivity index (χ3v) is 9.81. The molecule has 5 aromatic carbocycles. The minimum Gasteiger partial charge on any atom is -0.333 e. The summed E-state index contributed by atoms with van der Waals surface area (Å²) in [7, 11) is 0. The summed E-state index contributed by atoms with van der Waals surface area (Å²) in [5.41, 5.74) is 12.1. The lowest BCUT2D eigenvalue weighted by Gasteiger charge is -2.37. The van der Waals surface area contributed by atoms with Gasteiger partial charge < -0.3 is 4.90 Å². The molecule has 0 aromatic heterocycles. The standard InChI is InChI=1S/C42H31N/c1-2-12-30-27-31(22-21-28(30)11-1)42-37-17-5-3-15-35(37)41(36-16-4-6-18-38(36)42)29-23-25-32(26-24-29)43-39-19-9-7-13-33(39)34-14-8-10-20-40(34)43/h1-27,33,35,39,41H. The van der Waals surface area contributed by atoms with E-state index < -0.39 is 0 Å². The van der Waals surface area contributed by atoms with Crippen molar-refractivity contribution in [3.8, 4) is 0 Å². The Morgan fingerprint density at radius 1 is 0.535 bits per heavy atom. The first-order valence-corrected chi connectivity index (χ1v) is 15.4. The molecule has 0 fully saturated rings. The van der Waals surface area contributed by atoms with E-state index in [1.165, 1.54) is 61.1 Å². The monoisotopic (exact) mass is 549 g/mol. The molecule has 0 radical (unpaired) electrons. The van der Waals surface area contributed by atoms with Gasteiger partial charge in [-0.3, -0.25) is 0 Å². The lowest BCUT2D eigenvalue weighted by molar-refractivity contribution is 0.648. The first-order chi connectivity index (χ1) is 21.3. The molecule has 0 saturated heterocycles. The predicted octanol–water partition coefficient (Wildman–Crippen LogP) is 10.3. The molecule has 1 aliphatic heterocycles. The molecule has 0 spiro atoms. The first-order valence-electron chi connectivity index (χ1n) is 15.4. The van der Waals surface area contributed by atoms with Gasteiger partial charge in [-0.1, -0.05) is 140 Å². The molecule has 0 saturated carbocycles. The summed E-state index contributed by atoms with van der Waals surface area (Å²) in [6.07, 6.45) is 18.3. The van der Waals surface area contributed by atoms with Crippen molar-refractivity contribution in [2.45, 2.75) is 17.9 Å². The lowest BCUT2D eigenvalue weighted by Crippen LogP contribution is -2.28. The SMILES string of the molecule is C1=CC2=C(c3ccc4ccccc4c3)c3ccccc3C(c3ccc(N4c5ccccc5C5C=CC=CC54)cc3)C2C=C1. The molecule has 4 aliphatic rings. The van der Waals surface area contributed by atoms with E-state index in [4.69, 9.17) is 0 Å². The molecule has 9 rings (SSSR count). The second-order valence-corrected chi connectivity index (χ2v) is 12.0. The number of rotatable bonds is 3. The summed E-state index contributed by atoms with van der Waals surface area (Å²) in [6, 6.07) is 43.3. The Kier molecular flexibility index (Phi) is 5.52. The van der Waals surface area contributed by atoms with Crippen LogP contribution in [-0.2, 0) is 0 Å². The van der Waals surface area contributed by atoms with Crippen LogP contribution in [0.3, 0.4) is 0 Å². The minimum atomic E-state index is 0.252. The number of allylic oxidation sites excluding steroid dienone is 7. The summed E-state index contributed by atoms with van der Waals surface area (Å²) in [5, 5.41) is 2.56. The molecule has 4 unspecified atom stereocenters. The van der Waals surface area contributed by atoms with Gasteiger partial charge in [0.05, 0.1) is 6.04 Å². The van der Waals surface area contributed by atoms with Crippen LogP contribution in [0.15, 0.2) is 169 Å². The van der Waals surface area contributed by atoms with Crippen molar-refractivity contribution >= 4 is 27.7 Å². The summed E-state index contributed by atoms with van der Waals surface area (Å²) in [4.78, 5) is 2.52. The Balaban J connectivity index is 1.15. The zero-order valence-electron chi connectivity index (χ0n) is 23.8. The molecule has 5 aromatic rings. The Morgan fingerprint density at radius 3 is 2.16 bits per heavy atom. The van der Waals surface area contributed by atoms with Crippen LogP contribution in [0.25, 0.3) is 16.3 Å². The highest BCUT2D eigenvalue weighted by Gasteiger charge is 2.38. The molecule has 43 heavy (non-hydrogen) atoms. The molecule has 0 bridgehead atoms. The van der Waals surface area contributed by atoms with E-state index in [-0.39, 0.29) is 11.8 Å². The first kappa shape index (κ1) is 24.5. The molecule has 1 heteroatoms. The molecule has 1 heterocycles. The maximum absolute atomic E-state index is 2.52. The van der Waals surface area contributed by atoms with Crippen LogP contribution in [-0.4, -0.2) is 6.04 Å². The summed E-state index contributed by atoms with van der Waals surface area (Å²) in [5.74, 6) is 0.920. The lowest BCUT2D eigenvalue weighted by atomic mass is 9.66. The average molecular weight is 550 g/mol. The van der Waals surface area contributed by atoms with Gasteiger partial charge in [0.2, 0.25) is 0 Å². The van der Waals surface area contributed by atoms with Gasteiger partial charge in [0, 0.05) is 29.1 Å². The maximum Gasteiger partial charge on any atom is 0.0629 e. The molecule has 204 valence electrons. The second kappa shape index (κ2) is 9.71. The van der Waals surface area contributed by atoms with E-state index in [1.54, 1.807) is 0 Å². The van der Waals surface area contributed by atoms with Crippen molar-refractivity contribution in [3.63, 3.8) is 0 Å². The van der Waals surface area contributed by atoms with E-state index in [2.05, 4.69) is 169 Å². The summed E-state index contributed by atoms with van der Waals surface area (Å²) in [6.45, 7) is 0. The molecule has 1 nitrogen and oxygen atoms in total. The third kappa shape index (κ3) is 3.78. The number of benzene rings is 5. The van der Waals surface area contributed by atoms with Crippen molar-refractivity contribution in [2.24, 2.45) is 5.92 Å². The second-order valence-electron chi connectivity index (χ2n) is 12.0. The van der Waals surface area contributed by atoms with Gasteiger partial charge in [-0.25, -0.2) is 0 Å². The maximum atomic E-state index is 2.52. The van der Waals surface area contributed by atoms with Crippen LogP contribution in [0.4, 0.5) is 11.4 Å². The van der Waals surface area contributed by atoms with Gasteiger partial charge >= 0.3 is 0 Å². The van der Waals surface area contributed by atoms with Crippen LogP contribution in [0.2, 0.25) is 0 Å². The van der Waals surface area contributed by atoms with Crippen LogP contribution < -0.4 is 4.90 Å². The fourth-order valence-corrected chi connectivity index (χ4v) is 7.93. The fraction of sp³-hybridized carbons (Fsp3) is 0.0952. The number of fused-ring (bicyclic) bond motifs is 6. The van der Waals surface area contributed by atoms with E-state index in [1.807, 2.05) is 0 Å². The van der Waals surface area contributed by atoms with Crippen LogP contribution in [0.5, 0.6) is 0 Å². The van der Waals surface area contributed by atoms with E-state index in [9.17, 15) is 0 Å². The van der Waals surface area contributed by atoms with Gasteiger partial charge in [-0.05, 0) is 74.0 Å². The van der Waals surface area contributed by atoms with Gasteiger partial charge in [0.25, 0.3) is 0 Å². The largest absolute Gasteiger partial charge is 0.333 e. The number of hydrogen-bond donors (Lipinski definition) is 0. The van der Waals surface area contributed by atoms with Crippen LogP contribution in [0, 0.1) is 5.92 Å². The number of nitrogens with zero attached hydrogens (tertiary/aromatic N) is 1. The fourth-order valence-electron chi connectivity index (χ4n) is 7.93. The highest BCUT2D eigenvalue weighted by molar-refractivity contribution is 5.93. The number of para-hydroxylation sites is 1. The number of anilines is 2. The quantitative estimate of drug-likeness (QED) is 0.216. The van der Waals surface area contributed by atoms with Crippen molar-refractivity contribution in [2.75, 3.05) is 4.90 Å². The van der Waals surface area contributed by atoms with Gasteiger partial charge in [0.1, 0.15) is 0 Å².